The van der Waals surface area contributed by atoms with E-state index in [4.69, 9.17) is 10.5 Å². The average Bonchev–Trinajstić information content (AvgIpc) is 2.63. The molecule has 0 saturated carbocycles. The standard InChI is InChI=1S/C19H21N3O4/c20-19(23)26-18-7-6-16(22(24)25)13-17(18)21-10-8-15(9-11-21)12-14-4-2-1-3-5-14/h1-7,13,15H,8-12H2,(H2,20,23). The van der Waals surface area contributed by atoms with E-state index in [0.29, 0.717) is 11.6 Å². The lowest BCUT2D eigenvalue weighted by Gasteiger charge is -2.34. The summed E-state index contributed by atoms with van der Waals surface area (Å²) in [5.74, 6) is 0.817. The third kappa shape index (κ3) is 4.30. The van der Waals surface area contributed by atoms with Crippen molar-refractivity contribution in [1.82, 2.24) is 0 Å². The normalized spacial score (nSPS) is 14.8. The Kier molecular flexibility index (Phi) is 5.36. The fourth-order valence-corrected chi connectivity index (χ4v) is 3.39. The Morgan fingerprint density at radius 2 is 1.88 bits per heavy atom. The van der Waals surface area contributed by atoms with Crippen molar-refractivity contribution in [1.29, 1.82) is 0 Å². The van der Waals surface area contributed by atoms with Gasteiger partial charge in [-0.1, -0.05) is 30.3 Å². The zero-order valence-corrected chi connectivity index (χ0v) is 14.3. The highest BCUT2D eigenvalue weighted by atomic mass is 16.6. The SMILES string of the molecule is NC(=O)Oc1ccc([N+](=O)[O-])cc1N1CCC(Cc2ccccc2)CC1. The number of non-ortho nitro benzene ring substituents is 1. The van der Waals surface area contributed by atoms with Crippen LogP contribution >= 0.6 is 0 Å². The van der Waals surface area contributed by atoms with Gasteiger partial charge < -0.3 is 15.4 Å². The van der Waals surface area contributed by atoms with Gasteiger partial charge in [0.15, 0.2) is 5.75 Å². The second-order valence-corrected chi connectivity index (χ2v) is 6.45. The van der Waals surface area contributed by atoms with E-state index in [2.05, 4.69) is 12.1 Å². The van der Waals surface area contributed by atoms with Crippen LogP contribution in [0.4, 0.5) is 16.2 Å². The minimum Gasteiger partial charge on any atom is -0.408 e. The molecule has 2 aromatic carbocycles. The van der Waals surface area contributed by atoms with Crippen LogP contribution in [0.2, 0.25) is 0 Å². The van der Waals surface area contributed by atoms with E-state index >= 15 is 0 Å². The van der Waals surface area contributed by atoms with Crippen LogP contribution in [-0.2, 0) is 6.42 Å². The van der Waals surface area contributed by atoms with E-state index in [0.717, 1.165) is 32.4 Å². The van der Waals surface area contributed by atoms with Gasteiger partial charge in [-0.05, 0) is 36.8 Å². The Balaban J connectivity index is 1.72. The quantitative estimate of drug-likeness (QED) is 0.653. The van der Waals surface area contributed by atoms with Crippen LogP contribution in [0, 0.1) is 16.0 Å². The second-order valence-electron chi connectivity index (χ2n) is 6.45. The number of ether oxygens (including phenoxy) is 1. The van der Waals surface area contributed by atoms with Crippen LogP contribution in [0.1, 0.15) is 18.4 Å². The number of carbonyl (C=O) groups is 1. The first-order valence-corrected chi connectivity index (χ1v) is 8.57. The molecule has 1 amide bonds. The van der Waals surface area contributed by atoms with Crippen LogP contribution in [0.25, 0.3) is 0 Å². The number of hydrogen-bond acceptors (Lipinski definition) is 5. The van der Waals surface area contributed by atoms with E-state index in [1.807, 2.05) is 23.1 Å². The second kappa shape index (κ2) is 7.86. The molecule has 1 aliphatic heterocycles. The van der Waals surface area contributed by atoms with Gasteiger partial charge in [-0.3, -0.25) is 10.1 Å². The molecule has 3 rings (SSSR count). The fraction of sp³-hybridized carbons (Fsp3) is 0.316. The van der Waals surface area contributed by atoms with E-state index in [-0.39, 0.29) is 11.4 Å². The van der Waals surface area contributed by atoms with Gasteiger partial charge in [0.2, 0.25) is 0 Å². The zero-order valence-electron chi connectivity index (χ0n) is 14.3. The molecule has 1 fully saturated rings. The van der Waals surface area contributed by atoms with Gasteiger partial charge >= 0.3 is 6.09 Å². The molecule has 0 unspecified atom stereocenters. The highest BCUT2D eigenvalue weighted by molar-refractivity contribution is 5.73. The number of rotatable bonds is 5. The summed E-state index contributed by atoms with van der Waals surface area (Å²) in [5.41, 5.74) is 6.93. The summed E-state index contributed by atoms with van der Waals surface area (Å²) in [5, 5.41) is 11.1. The molecule has 7 heteroatoms. The molecule has 0 radical (unpaired) electrons. The number of nitro benzene ring substituents is 1. The summed E-state index contributed by atoms with van der Waals surface area (Å²) >= 11 is 0. The van der Waals surface area contributed by atoms with Crippen molar-refractivity contribution in [2.75, 3.05) is 18.0 Å². The van der Waals surface area contributed by atoms with Crippen molar-refractivity contribution in [2.45, 2.75) is 19.3 Å². The maximum absolute atomic E-state index is 11.1. The van der Waals surface area contributed by atoms with Gasteiger partial charge in [0.1, 0.15) is 0 Å². The first-order chi connectivity index (χ1) is 12.5. The van der Waals surface area contributed by atoms with Crippen molar-refractivity contribution in [3.05, 3.63) is 64.2 Å². The monoisotopic (exact) mass is 355 g/mol. The zero-order chi connectivity index (χ0) is 18.5. The predicted molar refractivity (Wildman–Crippen MR) is 98.4 cm³/mol. The number of carbonyl (C=O) groups excluding carboxylic acids is 1. The Morgan fingerprint density at radius 1 is 1.19 bits per heavy atom. The molecular weight excluding hydrogens is 334 g/mol. The average molecular weight is 355 g/mol. The van der Waals surface area contributed by atoms with E-state index < -0.39 is 11.0 Å². The molecule has 0 aliphatic carbocycles. The smallest absolute Gasteiger partial charge is 0.408 e. The van der Waals surface area contributed by atoms with Crippen LogP contribution in [0.5, 0.6) is 5.75 Å². The van der Waals surface area contributed by atoms with Gasteiger partial charge in [-0.2, -0.15) is 0 Å². The molecular formula is C19H21N3O4. The molecule has 0 atom stereocenters. The number of nitrogens with two attached hydrogens (primary N) is 1. The van der Waals surface area contributed by atoms with Crippen LogP contribution in [-0.4, -0.2) is 24.1 Å². The van der Waals surface area contributed by atoms with Gasteiger partial charge in [0, 0.05) is 25.2 Å². The Hall–Kier alpha value is -3.09. The minimum atomic E-state index is -0.931. The highest BCUT2D eigenvalue weighted by Crippen LogP contribution is 2.35. The summed E-state index contributed by atoms with van der Waals surface area (Å²) in [6.45, 7) is 1.49. The maximum atomic E-state index is 11.1. The van der Waals surface area contributed by atoms with E-state index in [1.165, 1.54) is 23.8 Å². The first-order valence-electron chi connectivity index (χ1n) is 8.57. The molecule has 136 valence electrons. The number of primary amides is 1. The van der Waals surface area contributed by atoms with Crippen LogP contribution in [0.15, 0.2) is 48.5 Å². The van der Waals surface area contributed by atoms with Gasteiger partial charge in [0.05, 0.1) is 10.6 Å². The fourth-order valence-electron chi connectivity index (χ4n) is 3.39. The lowest BCUT2D eigenvalue weighted by atomic mass is 9.90. The van der Waals surface area contributed by atoms with Crippen LogP contribution < -0.4 is 15.4 Å². The molecule has 1 aliphatic rings. The maximum Gasteiger partial charge on any atom is 0.410 e. The molecule has 2 N–H and O–H groups in total. The summed E-state index contributed by atoms with van der Waals surface area (Å²) in [7, 11) is 0. The van der Waals surface area contributed by atoms with Gasteiger partial charge in [0.25, 0.3) is 5.69 Å². The third-order valence-electron chi connectivity index (χ3n) is 4.69. The van der Waals surface area contributed by atoms with Crippen molar-refractivity contribution >= 4 is 17.5 Å². The molecule has 7 nitrogen and oxygen atoms in total. The molecule has 1 saturated heterocycles. The Morgan fingerprint density at radius 3 is 2.50 bits per heavy atom. The van der Waals surface area contributed by atoms with Crippen molar-refractivity contribution < 1.29 is 14.5 Å². The number of anilines is 1. The number of nitro groups is 1. The Labute approximate surface area is 151 Å². The molecule has 26 heavy (non-hydrogen) atoms. The number of benzene rings is 2. The lowest BCUT2D eigenvalue weighted by molar-refractivity contribution is -0.384. The molecule has 0 aromatic heterocycles. The summed E-state index contributed by atoms with van der Waals surface area (Å²) in [6, 6.07) is 14.5. The lowest BCUT2D eigenvalue weighted by Crippen LogP contribution is -2.35. The molecule has 2 aromatic rings. The van der Waals surface area contributed by atoms with Crippen LogP contribution in [0.3, 0.4) is 0 Å². The summed E-state index contributed by atoms with van der Waals surface area (Å²) in [4.78, 5) is 23.8. The summed E-state index contributed by atoms with van der Waals surface area (Å²) < 4.78 is 5.03. The first kappa shape index (κ1) is 17.7. The third-order valence-corrected chi connectivity index (χ3v) is 4.69. The number of piperidine rings is 1. The van der Waals surface area contributed by atoms with Crippen molar-refractivity contribution in [3.63, 3.8) is 0 Å². The molecule has 1 heterocycles. The predicted octanol–water partition coefficient (Wildman–Crippen LogP) is 3.51. The van der Waals surface area contributed by atoms with Gasteiger partial charge in [-0.15, -0.1) is 0 Å². The van der Waals surface area contributed by atoms with Crippen molar-refractivity contribution in [3.8, 4) is 5.75 Å². The minimum absolute atomic E-state index is 0.0387. The topological polar surface area (TPSA) is 98.7 Å². The Bertz CT molecular complexity index is 787. The number of amides is 1. The number of hydrogen-bond donors (Lipinski definition) is 1. The van der Waals surface area contributed by atoms with E-state index in [9.17, 15) is 14.9 Å². The molecule has 0 bridgehead atoms. The summed E-state index contributed by atoms with van der Waals surface area (Å²) in [6.07, 6.45) is 2.02. The van der Waals surface area contributed by atoms with E-state index in [1.54, 1.807) is 0 Å². The van der Waals surface area contributed by atoms with Gasteiger partial charge in [-0.25, -0.2) is 4.79 Å². The molecule has 0 spiro atoms. The largest absolute Gasteiger partial charge is 0.410 e. The highest BCUT2D eigenvalue weighted by Gasteiger charge is 2.24. The number of nitrogens with zero attached hydrogens (tertiary/aromatic N) is 2. The van der Waals surface area contributed by atoms with Crippen molar-refractivity contribution in [2.24, 2.45) is 11.7 Å².